The Kier molecular flexibility index (Phi) is 6.08. The molecule has 0 bridgehead atoms. The minimum atomic E-state index is 1.33. The van der Waals surface area contributed by atoms with Gasteiger partial charge in [-0.05, 0) is 0 Å². The molecule has 0 aromatic rings. The van der Waals surface area contributed by atoms with E-state index in [2.05, 4.69) is 11.3 Å². The van der Waals surface area contributed by atoms with Crippen LogP contribution in [0.25, 0.3) is 0 Å². The zero-order valence-corrected chi connectivity index (χ0v) is 7.04. The first kappa shape index (κ1) is 6.56. The minimum absolute atomic E-state index is 1.33. The standard InChI is InChI=1S/C5H10.W/c1-3-5-4-2;/h1H,3-5H2,2H3;. The van der Waals surface area contributed by atoms with Gasteiger partial charge in [-0.25, -0.2) is 0 Å². The molecular weight excluding hydrogens is 244 g/mol. The predicted molar refractivity (Wildman–Crippen MR) is 25.6 cm³/mol. The Morgan fingerprint density at radius 2 is 2.33 bits per heavy atom. The summed E-state index contributed by atoms with van der Waals surface area (Å²) >= 11 is 1.61. The van der Waals surface area contributed by atoms with Crippen molar-refractivity contribution < 1.29 is 19.4 Å². The summed E-state index contributed by atoms with van der Waals surface area (Å²) in [5.74, 6) is 0. The summed E-state index contributed by atoms with van der Waals surface area (Å²) in [5, 5.41) is 0. The zero-order valence-electron chi connectivity index (χ0n) is 4.11. The van der Waals surface area contributed by atoms with Crippen molar-refractivity contribution in [1.82, 2.24) is 0 Å². The molecule has 0 aromatic heterocycles. The summed E-state index contributed by atoms with van der Waals surface area (Å²) in [6.45, 7) is 2.22. The van der Waals surface area contributed by atoms with Crippen molar-refractivity contribution in [2.24, 2.45) is 0 Å². The first-order chi connectivity index (χ1) is 2.91. The van der Waals surface area contributed by atoms with Gasteiger partial charge in [-0.15, -0.1) is 0 Å². The molecule has 0 amide bonds. The molecule has 0 aliphatic carbocycles. The van der Waals surface area contributed by atoms with Crippen LogP contribution in [0.2, 0.25) is 0 Å². The zero-order chi connectivity index (χ0) is 4.83. The molecule has 0 fully saturated rings. The quantitative estimate of drug-likeness (QED) is 0.670. The van der Waals surface area contributed by atoms with Crippen LogP contribution in [0.3, 0.4) is 0 Å². The molecule has 0 atom stereocenters. The third-order valence-electron chi connectivity index (χ3n) is 0.676. The van der Waals surface area contributed by atoms with Gasteiger partial charge in [-0.3, -0.25) is 0 Å². The van der Waals surface area contributed by atoms with Gasteiger partial charge in [0.2, 0.25) is 0 Å². The second-order valence-electron chi connectivity index (χ2n) is 1.31. The molecule has 0 aromatic carbocycles. The Balaban J connectivity index is 2.49. The second kappa shape index (κ2) is 5.56. The van der Waals surface area contributed by atoms with Crippen LogP contribution in [0, 0.1) is 0 Å². The van der Waals surface area contributed by atoms with Crippen LogP contribution in [0.1, 0.15) is 26.2 Å². The van der Waals surface area contributed by atoms with Crippen LogP contribution in [0.5, 0.6) is 0 Å². The molecular formula is C5H10W. The summed E-state index contributed by atoms with van der Waals surface area (Å²) < 4.78 is 2.30. The number of hydrogen-bond donors (Lipinski definition) is 0. The van der Waals surface area contributed by atoms with Gasteiger partial charge in [0.05, 0.1) is 0 Å². The van der Waals surface area contributed by atoms with Crippen molar-refractivity contribution in [3.8, 4) is 0 Å². The van der Waals surface area contributed by atoms with E-state index in [1.165, 1.54) is 19.3 Å². The van der Waals surface area contributed by atoms with Gasteiger partial charge in [-0.1, -0.05) is 0 Å². The Morgan fingerprint density at radius 1 is 1.67 bits per heavy atom. The Bertz CT molecular complexity index is 32.9. The summed E-state index contributed by atoms with van der Waals surface area (Å²) in [5.41, 5.74) is 0. The Hall–Kier alpha value is 0.558. The van der Waals surface area contributed by atoms with Gasteiger partial charge in [0.25, 0.3) is 0 Å². The van der Waals surface area contributed by atoms with E-state index < -0.39 is 0 Å². The number of unbranched alkanes of at least 4 members (excludes halogenated alkanes) is 2. The molecule has 36 valence electrons. The fraction of sp³-hybridized carbons (Fsp3) is 0.800. The van der Waals surface area contributed by atoms with E-state index in [9.17, 15) is 0 Å². The molecule has 0 aliphatic rings. The van der Waals surface area contributed by atoms with Gasteiger partial charge < -0.3 is 0 Å². The number of rotatable bonds is 3. The Morgan fingerprint density at radius 3 is 2.50 bits per heavy atom. The molecule has 1 heteroatoms. The molecule has 0 nitrogen and oxygen atoms in total. The second-order valence-corrected chi connectivity index (χ2v) is 2.51. The monoisotopic (exact) mass is 254 g/mol. The van der Waals surface area contributed by atoms with E-state index in [1.807, 2.05) is 0 Å². The van der Waals surface area contributed by atoms with E-state index in [1.54, 1.807) is 19.4 Å². The average Bonchev–Trinajstić information content (AvgIpc) is 1.61. The summed E-state index contributed by atoms with van der Waals surface area (Å²) in [7, 11) is 0. The number of hydrogen-bond acceptors (Lipinski definition) is 0. The third kappa shape index (κ3) is 4.56. The van der Waals surface area contributed by atoms with Gasteiger partial charge in [0.15, 0.2) is 0 Å². The maximum atomic E-state index is 2.30. The topological polar surface area (TPSA) is 0 Å². The van der Waals surface area contributed by atoms with Crippen LogP contribution in [0.4, 0.5) is 0 Å². The van der Waals surface area contributed by atoms with Crippen molar-refractivity contribution in [3.63, 3.8) is 0 Å². The van der Waals surface area contributed by atoms with Crippen molar-refractivity contribution in [2.75, 3.05) is 0 Å². The summed E-state index contributed by atoms with van der Waals surface area (Å²) in [4.78, 5) is 0. The van der Waals surface area contributed by atoms with E-state index in [-0.39, 0.29) is 0 Å². The molecule has 0 radical (unpaired) electrons. The molecule has 0 saturated carbocycles. The molecule has 6 heavy (non-hydrogen) atoms. The first-order valence-electron chi connectivity index (χ1n) is 2.35. The van der Waals surface area contributed by atoms with Crippen LogP contribution in [0.15, 0.2) is 0 Å². The van der Waals surface area contributed by atoms with E-state index in [0.29, 0.717) is 0 Å². The van der Waals surface area contributed by atoms with Gasteiger partial charge in [0.1, 0.15) is 0 Å². The molecule has 0 spiro atoms. The SMILES string of the molecule is CCCC[CH]=[W]. The summed E-state index contributed by atoms with van der Waals surface area (Å²) in [6, 6.07) is 0. The molecule has 0 saturated heterocycles. The van der Waals surface area contributed by atoms with Crippen LogP contribution >= 0.6 is 0 Å². The van der Waals surface area contributed by atoms with Gasteiger partial charge >= 0.3 is 49.9 Å². The van der Waals surface area contributed by atoms with Crippen molar-refractivity contribution in [2.45, 2.75) is 26.2 Å². The molecule has 0 rings (SSSR count). The van der Waals surface area contributed by atoms with E-state index in [0.717, 1.165) is 0 Å². The van der Waals surface area contributed by atoms with Crippen molar-refractivity contribution in [1.29, 1.82) is 0 Å². The van der Waals surface area contributed by atoms with Crippen LogP contribution < -0.4 is 0 Å². The Labute approximate surface area is 50.4 Å². The summed E-state index contributed by atoms with van der Waals surface area (Å²) in [6.07, 6.45) is 4.04. The first-order valence-corrected chi connectivity index (χ1v) is 4.04. The maximum absolute atomic E-state index is 2.30. The fourth-order valence-electron chi connectivity index (χ4n) is 0.287. The van der Waals surface area contributed by atoms with Gasteiger partial charge in [-0.2, -0.15) is 0 Å². The van der Waals surface area contributed by atoms with E-state index in [4.69, 9.17) is 0 Å². The van der Waals surface area contributed by atoms with Crippen LogP contribution in [-0.4, -0.2) is 4.40 Å². The van der Waals surface area contributed by atoms with Gasteiger partial charge in [0, 0.05) is 0 Å². The normalized spacial score (nSPS) is 8.17. The fourth-order valence-corrected chi connectivity index (χ4v) is 0.886. The van der Waals surface area contributed by atoms with E-state index >= 15 is 0 Å². The molecule has 0 heterocycles. The third-order valence-corrected chi connectivity index (χ3v) is 1.52. The molecule has 0 N–H and O–H groups in total. The predicted octanol–water partition coefficient (Wildman–Crippen LogP) is 1.53. The average molecular weight is 254 g/mol. The van der Waals surface area contributed by atoms with Crippen LogP contribution in [-0.2, 0) is 19.4 Å². The van der Waals surface area contributed by atoms with Crippen molar-refractivity contribution >= 4 is 4.40 Å². The molecule has 0 unspecified atom stereocenters. The van der Waals surface area contributed by atoms with Crippen molar-refractivity contribution in [3.05, 3.63) is 0 Å². The molecule has 0 aliphatic heterocycles.